The van der Waals surface area contributed by atoms with Crippen molar-refractivity contribution in [3.05, 3.63) is 48.2 Å². The van der Waals surface area contributed by atoms with Crippen LogP contribution >= 0.6 is 0 Å². The number of rotatable bonds is 1. The van der Waals surface area contributed by atoms with Gasteiger partial charge in [0.15, 0.2) is 0 Å². The topological polar surface area (TPSA) is 38.9 Å². The number of anilines is 1. The smallest absolute Gasteiger partial charge is 0.383 e. The molecule has 0 atom stereocenters. The van der Waals surface area contributed by atoms with Gasteiger partial charge in [-0.15, -0.1) is 0 Å². The van der Waals surface area contributed by atoms with E-state index in [0.717, 1.165) is 12.3 Å². The fourth-order valence-electron chi connectivity index (χ4n) is 1.48. The molecule has 0 unspecified atom stereocenters. The highest BCUT2D eigenvalue weighted by Crippen LogP contribution is 2.33. The lowest BCUT2D eigenvalue weighted by Gasteiger charge is -2.10. The van der Waals surface area contributed by atoms with Crippen LogP contribution in [-0.2, 0) is 6.18 Å². The molecule has 0 bridgehead atoms. The lowest BCUT2D eigenvalue weighted by atomic mass is 10.0. The van der Waals surface area contributed by atoms with Crippen molar-refractivity contribution >= 4 is 5.82 Å². The van der Waals surface area contributed by atoms with Crippen LogP contribution in [0.5, 0.6) is 0 Å². The lowest BCUT2D eigenvalue weighted by Crippen LogP contribution is -2.07. The average molecular weight is 238 g/mol. The van der Waals surface area contributed by atoms with Crippen molar-refractivity contribution in [2.75, 3.05) is 5.73 Å². The Morgan fingerprint density at radius 1 is 1.06 bits per heavy atom. The Labute approximate surface area is 95.9 Å². The molecule has 2 N–H and O–H groups in total. The monoisotopic (exact) mass is 238 g/mol. The maximum absolute atomic E-state index is 12.5. The summed E-state index contributed by atoms with van der Waals surface area (Å²) in [5.41, 5.74) is 5.69. The molecule has 0 saturated carbocycles. The highest BCUT2D eigenvalue weighted by Gasteiger charge is 2.31. The number of alkyl halides is 3. The molecule has 1 aromatic carbocycles. The lowest BCUT2D eigenvalue weighted by molar-refractivity contribution is -0.137. The number of nitrogens with two attached hydrogens (primary N) is 1. The number of aromatic nitrogens is 1. The number of hydrogen-bond donors (Lipinski definition) is 1. The van der Waals surface area contributed by atoms with Gasteiger partial charge >= 0.3 is 6.18 Å². The quantitative estimate of drug-likeness (QED) is 0.827. The van der Waals surface area contributed by atoms with Crippen LogP contribution in [0.3, 0.4) is 0 Å². The normalized spacial score (nSPS) is 11.5. The fraction of sp³-hybridized carbons (Fsp3) is 0.0833. The third-order valence-electron chi connectivity index (χ3n) is 2.33. The van der Waals surface area contributed by atoms with Gasteiger partial charge in [0, 0.05) is 11.8 Å². The van der Waals surface area contributed by atoms with Crippen molar-refractivity contribution in [1.29, 1.82) is 0 Å². The molecule has 0 fully saturated rings. The molecule has 0 aliphatic rings. The number of benzene rings is 1. The van der Waals surface area contributed by atoms with Gasteiger partial charge in [-0.1, -0.05) is 30.3 Å². The molecule has 0 spiro atoms. The zero-order chi connectivity index (χ0) is 12.5. The van der Waals surface area contributed by atoms with E-state index in [1.54, 1.807) is 30.3 Å². The highest BCUT2D eigenvalue weighted by molar-refractivity contribution is 5.74. The number of pyridine rings is 1. The Morgan fingerprint density at radius 3 is 2.29 bits per heavy atom. The number of hydrogen-bond acceptors (Lipinski definition) is 2. The minimum absolute atomic E-state index is 0.0872. The summed E-state index contributed by atoms with van der Waals surface area (Å²) in [5, 5.41) is 0. The summed E-state index contributed by atoms with van der Waals surface area (Å²) in [6, 6.07) is 9.63. The van der Waals surface area contributed by atoms with Gasteiger partial charge in [-0.2, -0.15) is 13.2 Å². The highest BCUT2D eigenvalue weighted by atomic mass is 19.4. The van der Waals surface area contributed by atoms with Crippen LogP contribution in [0.4, 0.5) is 19.0 Å². The molecule has 2 rings (SSSR count). The molecule has 88 valence electrons. The predicted molar refractivity (Wildman–Crippen MR) is 59.1 cm³/mol. The van der Waals surface area contributed by atoms with E-state index in [1.807, 2.05) is 0 Å². The van der Waals surface area contributed by atoms with Gasteiger partial charge in [-0.05, 0) is 11.6 Å². The number of nitrogens with zero attached hydrogens (tertiary/aromatic N) is 1. The summed E-state index contributed by atoms with van der Waals surface area (Å²) in [7, 11) is 0. The largest absolute Gasteiger partial charge is 0.417 e. The first kappa shape index (κ1) is 11.4. The van der Waals surface area contributed by atoms with Crippen LogP contribution in [0.15, 0.2) is 42.6 Å². The summed E-state index contributed by atoms with van der Waals surface area (Å²) >= 11 is 0. The Bertz CT molecular complexity index is 521. The Hall–Kier alpha value is -2.04. The first-order valence-corrected chi connectivity index (χ1v) is 4.86. The minimum Gasteiger partial charge on any atom is -0.383 e. The molecule has 0 aliphatic carbocycles. The molecule has 1 aromatic heterocycles. The fourth-order valence-corrected chi connectivity index (χ4v) is 1.48. The second-order valence-corrected chi connectivity index (χ2v) is 3.52. The van der Waals surface area contributed by atoms with Crippen molar-refractivity contribution in [3.63, 3.8) is 0 Å². The summed E-state index contributed by atoms with van der Waals surface area (Å²) in [6.45, 7) is 0. The van der Waals surface area contributed by atoms with Gasteiger partial charge in [0.2, 0.25) is 0 Å². The van der Waals surface area contributed by atoms with E-state index in [2.05, 4.69) is 4.98 Å². The van der Waals surface area contributed by atoms with Crippen molar-refractivity contribution in [1.82, 2.24) is 4.98 Å². The molecule has 2 aromatic rings. The molecule has 0 saturated heterocycles. The molecular formula is C12H9F3N2. The second kappa shape index (κ2) is 4.08. The van der Waals surface area contributed by atoms with Gasteiger partial charge in [-0.3, -0.25) is 0 Å². The number of nitrogen functional groups attached to an aromatic ring is 1. The Kier molecular flexibility index (Phi) is 2.75. The van der Waals surface area contributed by atoms with E-state index >= 15 is 0 Å². The molecular weight excluding hydrogens is 229 g/mol. The standard InChI is InChI=1S/C12H9F3N2/c13-12(14,15)9-6-10(11(16)17-7-9)8-4-2-1-3-5-8/h1-7H,(H2,16,17). The van der Waals surface area contributed by atoms with Crippen molar-refractivity contribution in [2.45, 2.75) is 6.18 Å². The molecule has 17 heavy (non-hydrogen) atoms. The van der Waals surface area contributed by atoms with E-state index in [4.69, 9.17) is 5.73 Å². The van der Waals surface area contributed by atoms with E-state index in [-0.39, 0.29) is 5.82 Å². The summed E-state index contributed by atoms with van der Waals surface area (Å²) < 4.78 is 37.6. The van der Waals surface area contributed by atoms with Crippen LogP contribution in [0, 0.1) is 0 Å². The van der Waals surface area contributed by atoms with Crippen LogP contribution in [0.2, 0.25) is 0 Å². The van der Waals surface area contributed by atoms with E-state index in [1.165, 1.54) is 0 Å². The van der Waals surface area contributed by atoms with Crippen LogP contribution < -0.4 is 5.73 Å². The average Bonchev–Trinajstić information content (AvgIpc) is 2.29. The predicted octanol–water partition coefficient (Wildman–Crippen LogP) is 3.35. The minimum atomic E-state index is -4.41. The van der Waals surface area contributed by atoms with Crippen LogP contribution in [0.1, 0.15) is 5.56 Å². The third-order valence-corrected chi connectivity index (χ3v) is 2.33. The van der Waals surface area contributed by atoms with Crippen molar-refractivity contribution in [3.8, 4) is 11.1 Å². The van der Waals surface area contributed by atoms with Crippen LogP contribution in [-0.4, -0.2) is 4.98 Å². The van der Waals surface area contributed by atoms with Crippen molar-refractivity contribution < 1.29 is 13.2 Å². The molecule has 5 heteroatoms. The summed E-state index contributed by atoms with van der Waals surface area (Å²) in [6.07, 6.45) is -3.67. The third kappa shape index (κ3) is 2.38. The van der Waals surface area contributed by atoms with Gasteiger partial charge in [0.25, 0.3) is 0 Å². The maximum Gasteiger partial charge on any atom is 0.417 e. The zero-order valence-electron chi connectivity index (χ0n) is 8.70. The van der Waals surface area contributed by atoms with E-state index < -0.39 is 11.7 Å². The Morgan fingerprint density at radius 2 is 1.71 bits per heavy atom. The van der Waals surface area contributed by atoms with Gasteiger partial charge in [-0.25, -0.2) is 4.98 Å². The summed E-state index contributed by atoms with van der Waals surface area (Å²) in [4.78, 5) is 3.58. The van der Waals surface area contributed by atoms with Crippen molar-refractivity contribution in [2.24, 2.45) is 0 Å². The van der Waals surface area contributed by atoms with Gasteiger partial charge in [0.05, 0.1) is 5.56 Å². The van der Waals surface area contributed by atoms with E-state index in [0.29, 0.717) is 11.1 Å². The molecule has 0 aliphatic heterocycles. The first-order chi connectivity index (χ1) is 7.98. The molecule has 1 heterocycles. The maximum atomic E-state index is 12.5. The Balaban J connectivity index is 2.55. The molecule has 0 amide bonds. The SMILES string of the molecule is Nc1ncc(C(F)(F)F)cc1-c1ccccc1. The zero-order valence-corrected chi connectivity index (χ0v) is 8.70. The second-order valence-electron chi connectivity index (χ2n) is 3.52. The van der Waals surface area contributed by atoms with Gasteiger partial charge < -0.3 is 5.73 Å². The van der Waals surface area contributed by atoms with E-state index in [9.17, 15) is 13.2 Å². The number of halogens is 3. The van der Waals surface area contributed by atoms with Gasteiger partial charge in [0.1, 0.15) is 5.82 Å². The van der Waals surface area contributed by atoms with Crippen LogP contribution in [0.25, 0.3) is 11.1 Å². The molecule has 0 radical (unpaired) electrons. The first-order valence-electron chi connectivity index (χ1n) is 4.86. The molecule has 2 nitrogen and oxygen atoms in total. The summed E-state index contributed by atoms with van der Waals surface area (Å²) in [5.74, 6) is 0.0872.